The Labute approximate surface area is 49.1 Å². The van der Waals surface area contributed by atoms with Crippen molar-refractivity contribution in [1.29, 1.82) is 0 Å². The molecule has 0 aromatic carbocycles. The number of nitrogens with zero attached hydrogens (tertiary/aromatic N) is 1. The average Bonchev–Trinajstić information content (AvgIpc) is 1.92. The lowest BCUT2D eigenvalue weighted by molar-refractivity contribution is 0.569. The minimum absolute atomic E-state index is 0.542. The highest BCUT2D eigenvalue weighted by Gasteiger charge is 2.17. The number of rotatable bonds is 0. The van der Waals surface area contributed by atoms with E-state index in [1.165, 1.54) is 12.8 Å². The first kappa shape index (κ1) is 4.30. The summed E-state index contributed by atoms with van der Waals surface area (Å²) in [6.45, 7) is 0. The molecule has 3 aliphatic rings. The lowest BCUT2D eigenvalue weighted by Gasteiger charge is -2.22. The minimum atomic E-state index is 0.542. The van der Waals surface area contributed by atoms with E-state index in [9.17, 15) is 0 Å². The van der Waals surface area contributed by atoms with Gasteiger partial charge in [-0.1, -0.05) is 12.2 Å². The van der Waals surface area contributed by atoms with Crippen LogP contribution in [0.25, 0.3) is 0 Å². The van der Waals surface area contributed by atoms with Gasteiger partial charge in [0.05, 0.1) is 6.04 Å². The molecule has 2 heterocycles. The smallest absolute Gasteiger partial charge is 0.0676 e. The van der Waals surface area contributed by atoms with Crippen LogP contribution in [-0.2, 0) is 0 Å². The van der Waals surface area contributed by atoms with Gasteiger partial charge in [0.15, 0.2) is 0 Å². The number of hydrogen-bond acceptors (Lipinski definition) is 1. The maximum atomic E-state index is 4.29. The van der Waals surface area contributed by atoms with Gasteiger partial charge in [-0.25, -0.2) is 0 Å². The molecule has 2 atom stereocenters. The summed E-state index contributed by atoms with van der Waals surface area (Å²) in [5, 5.41) is 0. The zero-order chi connectivity index (χ0) is 5.40. The van der Waals surface area contributed by atoms with Gasteiger partial charge >= 0.3 is 0 Å². The maximum absolute atomic E-state index is 4.29. The molecule has 0 spiro atoms. The van der Waals surface area contributed by atoms with Crippen molar-refractivity contribution in [3.05, 3.63) is 12.2 Å². The molecule has 2 aliphatic heterocycles. The molecule has 8 heavy (non-hydrogen) atoms. The van der Waals surface area contributed by atoms with E-state index in [4.69, 9.17) is 0 Å². The number of fused-ring (bicyclic) bond motifs is 1. The SMILES string of the molecule is C1=CC2CCC1C=N2. The van der Waals surface area contributed by atoms with Crippen molar-refractivity contribution in [2.45, 2.75) is 18.9 Å². The molecule has 0 fully saturated rings. The quantitative estimate of drug-likeness (QED) is 0.415. The Hall–Kier alpha value is -0.590. The first-order valence-corrected chi connectivity index (χ1v) is 3.17. The topological polar surface area (TPSA) is 12.4 Å². The Morgan fingerprint density at radius 3 is 2.38 bits per heavy atom. The summed E-state index contributed by atoms with van der Waals surface area (Å²) < 4.78 is 0. The highest BCUT2D eigenvalue weighted by molar-refractivity contribution is 5.66. The van der Waals surface area contributed by atoms with Crippen LogP contribution in [0.2, 0.25) is 0 Å². The maximum Gasteiger partial charge on any atom is 0.0676 e. The molecule has 0 saturated heterocycles. The van der Waals surface area contributed by atoms with Crippen LogP contribution < -0.4 is 0 Å². The van der Waals surface area contributed by atoms with Gasteiger partial charge in [-0.3, -0.25) is 4.99 Å². The summed E-state index contributed by atoms with van der Waals surface area (Å²) in [5.74, 6) is 0.681. The standard InChI is InChI=1S/C7H9N/c1-3-7-4-2-6(1)5-8-7/h1,3,5-7H,2,4H2. The molecule has 0 aromatic rings. The van der Waals surface area contributed by atoms with Crippen molar-refractivity contribution in [3.8, 4) is 0 Å². The highest BCUT2D eigenvalue weighted by atomic mass is 14.8. The number of hydrogen-bond donors (Lipinski definition) is 0. The van der Waals surface area contributed by atoms with Crippen LogP contribution in [-0.4, -0.2) is 12.3 Å². The van der Waals surface area contributed by atoms with Crippen molar-refractivity contribution >= 4 is 6.21 Å². The lowest BCUT2D eigenvalue weighted by Crippen LogP contribution is -2.18. The van der Waals surface area contributed by atoms with Gasteiger partial charge in [0.1, 0.15) is 0 Å². The fourth-order valence-corrected chi connectivity index (χ4v) is 1.30. The fraction of sp³-hybridized carbons (Fsp3) is 0.571. The third kappa shape index (κ3) is 0.507. The number of dihydropyridines is 1. The molecule has 0 radical (unpaired) electrons. The Bertz CT molecular complexity index is 116. The molecule has 1 heteroatoms. The van der Waals surface area contributed by atoms with Crippen LogP contribution in [0.15, 0.2) is 17.1 Å². The highest BCUT2D eigenvalue weighted by Crippen LogP contribution is 2.22. The molecule has 0 aromatic heterocycles. The van der Waals surface area contributed by atoms with E-state index < -0.39 is 0 Å². The number of allylic oxidation sites excluding steroid dienone is 1. The fourth-order valence-electron chi connectivity index (χ4n) is 1.30. The summed E-state index contributed by atoms with van der Waals surface area (Å²) >= 11 is 0. The molecule has 2 unspecified atom stereocenters. The largest absolute Gasteiger partial charge is 0.289 e. The summed E-state index contributed by atoms with van der Waals surface area (Å²) in [6.07, 6.45) is 9.16. The van der Waals surface area contributed by atoms with Crippen LogP contribution >= 0.6 is 0 Å². The third-order valence-electron chi connectivity index (χ3n) is 1.85. The van der Waals surface area contributed by atoms with Gasteiger partial charge < -0.3 is 0 Å². The molecule has 2 bridgehead atoms. The van der Waals surface area contributed by atoms with E-state index in [0.29, 0.717) is 12.0 Å². The van der Waals surface area contributed by atoms with Crippen molar-refractivity contribution < 1.29 is 0 Å². The van der Waals surface area contributed by atoms with E-state index in [1.54, 1.807) is 0 Å². The minimum Gasteiger partial charge on any atom is -0.289 e. The molecule has 1 nitrogen and oxygen atoms in total. The molecule has 0 amide bonds. The van der Waals surface area contributed by atoms with Crippen molar-refractivity contribution in [2.75, 3.05) is 0 Å². The van der Waals surface area contributed by atoms with Crippen LogP contribution in [0, 0.1) is 5.92 Å². The average molecular weight is 107 g/mol. The van der Waals surface area contributed by atoms with Crippen molar-refractivity contribution in [1.82, 2.24) is 0 Å². The summed E-state index contributed by atoms with van der Waals surface area (Å²) in [7, 11) is 0. The van der Waals surface area contributed by atoms with Crippen molar-refractivity contribution in [2.24, 2.45) is 10.9 Å². The normalized spacial score (nSPS) is 41.0. The second-order valence-corrected chi connectivity index (χ2v) is 2.49. The summed E-state index contributed by atoms with van der Waals surface area (Å²) in [4.78, 5) is 4.29. The monoisotopic (exact) mass is 107 g/mol. The molecule has 42 valence electrons. The number of aliphatic imine (C=N–C) groups is 1. The zero-order valence-corrected chi connectivity index (χ0v) is 4.75. The van der Waals surface area contributed by atoms with Crippen molar-refractivity contribution in [3.63, 3.8) is 0 Å². The molecule has 0 saturated carbocycles. The molecule has 3 rings (SSSR count). The Morgan fingerprint density at radius 2 is 2.25 bits per heavy atom. The van der Waals surface area contributed by atoms with Gasteiger partial charge in [-0.15, -0.1) is 0 Å². The van der Waals surface area contributed by atoms with Gasteiger partial charge in [-0.2, -0.15) is 0 Å². The van der Waals surface area contributed by atoms with Crippen LogP contribution in [0.4, 0.5) is 0 Å². The molecule has 1 aliphatic carbocycles. The van der Waals surface area contributed by atoms with Crippen LogP contribution in [0.3, 0.4) is 0 Å². The van der Waals surface area contributed by atoms with Gasteiger partial charge in [0, 0.05) is 12.1 Å². The zero-order valence-electron chi connectivity index (χ0n) is 4.75. The van der Waals surface area contributed by atoms with E-state index in [1.807, 2.05) is 0 Å². The van der Waals surface area contributed by atoms with E-state index in [2.05, 4.69) is 23.4 Å². The van der Waals surface area contributed by atoms with Gasteiger partial charge in [-0.05, 0) is 12.8 Å². The first-order chi connectivity index (χ1) is 3.95. The predicted octanol–water partition coefficient (Wildman–Crippen LogP) is 1.41. The van der Waals surface area contributed by atoms with Gasteiger partial charge in [0.2, 0.25) is 0 Å². The van der Waals surface area contributed by atoms with E-state index in [-0.39, 0.29) is 0 Å². The molecule has 0 N–H and O–H groups in total. The first-order valence-electron chi connectivity index (χ1n) is 3.17. The molecular weight excluding hydrogens is 98.1 g/mol. The van der Waals surface area contributed by atoms with Crippen LogP contribution in [0.1, 0.15) is 12.8 Å². The summed E-state index contributed by atoms with van der Waals surface area (Å²) in [5.41, 5.74) is 0. The lowest BCUT2D eigenvalue weighted by atomic mass is 9.91. The second kappa shape index (κ2) is 1.44. The van der Waals surface area contributed by atoms with Crippen LogP contribution in [0.5, 0.6) is 0 Å². The third-order valence-corrected chi connectivity index (χ3v) is 1.85. The Kier molecular flexibility index (Phi) is 0.775. The summed E-state index contributed by atoms with van der Waals surface area (Å²) in [6, 6.07) is 0.542. The Morgan fingerprint density at radius 1 is 1.25 bits per heavy atom. The Balaban J connectivity index is 2.31. The predicted molar refractivity (Wildman–Crippen MR) is 34.1 cm³/mol. The van der Waals surface area contributed by atoms with E-state index in [0.717, 1.165) is 0 Å². The van der Waals surface area contributed by atoms with Gasteiger partial charge in [0.25, 0.3) is 0 Å². The van der Waals surface area contributed by atoms with E-state index >= 15 is 0 Å². The molecular formula is C7H9N. The second-order valence-electron chi connectivity index (χ2n) is 2.49.